The van der Waals surface area contributed by atoms with Crippen molar-refractivity contribution < 1.29 is 14.6 Å². The predicted molar refractivity (Wildman–Crippen MR) is 147 cm³/mol. The number of amides is 1. The number of nitriles is 1. The van der Waals surface area contributed by atoms with Crippen LogP contribution in [-0.2, 0) is 16.1 Å². The molecule has 206 valence electrons. The maximum Gasteiger partial charge on any atom is 0.222 e. The minimum Gasteiger partial charge on any atom is -0.392 e. The summed E-state index contributed by atoms with van der Waals surface area (Å²) < 4.78 is 5.96. The second-order valence-corrected chi connectivity index (χ2v) is 13.3. The molecule has 5 aliphatic rings. The number of nitrogens with two attached hydrogens (primary N) is 1. The van der Waals surface area contributed by atoms with Crippen molar-refractivity contribution in [3.63, 3.8) is 0 Å². The van der Waals surface area contributed by atoms with Gasteiger partial charge in [-0.1, -0.05) is 40.2 Å². The number of nitrogens with zero attached hydrogens (tertiary/aromatic N) is 3. The molecule has 4 N–H and O–H groups in total. The van der Waals surface area contributed by atoms with Gasteiger partial charge >= 0.3 is 0 Å². The average Bonchev–Trinajstić information content (AvgIpc) is 3.63. The summed E-state index contributed by atoms with van der Waals surface area (Å²) in [6.45, 7) is 0.859. The average molecular weight is 587 g/mol. The van der Waals surface area contributed by atoms with Crippen LogP contribution in [0.3, 0.4) is 0 Å². The molecule has 1 aliphatic carbocycles. The van der Waals surface area contributed by atoms with E-state index in [2.05, 4.69) is 56.3 Å². The highest BCUT2D eigenvalue weighted by Crippen LogP contribution is 2.53. The number of nitrogens with one attached hydrogen (secondary N) is 1. The number of hydrogen-bond acceptors (Lipinski definition) is 7. The Balaban J connectivity index is 1.11. The van der Waals surface area contributed by atoms with E-state index in [1.807, 2.05) is 12.1 Å². The number of carbonyl (C=O) groups excluding carboxylic acids is 1. The Morgan fingerprint density at radius 1 is 1.24 bits per heavy atom. The van der Waals surface area contributed by atoms with Gasteiger partial charge in [0.2, 0.25) is 5.91 Å². The molecule has 1 amide bonds. The van der Waals surface area contributed by atoms with Crippen molar-refractivity contribution >= 4 is 21.8 Å². The smallest absolute Gasteiger partial charge is 0.222 e. The van der Waals surface area contributed by atoms with E-state index in [0.717, 1.165) is 62.6 Å². The van der Waals surface area contributed by atoms with Crippen LogP contribution in [0, 0.1) is 23.2 Å². The van der Waals surface area contributed by atoms with Crippen LogP contribution in [0.4, 0.5) is 0 Å². The van der Waals surface area contributed by atoms with Crippen molar-refractivity contribution in [3.8, 4) is 6.07 Å². The largest absolute Gasteiger partial charge is 0.392 e. The van der Waals surface area contributed by atoms with Gasteiger partial charge in [-0.05, 0) is 63.1 Å². The molecule has 9 heteroatoms. The third-order valence-electron chi connectivity index (χ3n) is 10.2. The SMILES string of the molecule is CN1CC2OC(C#N)CC2C(Br)C1NC1CCC(N2C3CCC2[C@H](c2cccc(CO)c2)[C@H]3C(N)=O)CC1. The fourth-order valence-electron chi connectivity index (χ4n) is 8.57. The second-order valence-electron chi connectivity index (χ2n) is 12.2. The van der Waals surface area contributed by atoms with E-state index < -0.39 is 0 Å². The van der Waals surface area contributed by atoms with Gasteiger partial charge in [-0.25, -0.2) is 0 Å². The Kier molecular flexibility index (Phi) is 7.58. The lowest BCUT2D eigenvalue weighted by atomic mass is 9.75. The molecule has 7 unspecified atom stereocenters. The number of piperidine rings is 1. The first-order valence-corrected chi connectivity index (χ1v) is 15.2. The summed E-state index contributed by atoms with van der Waals surface area (Å²) in [6.07, 6.45) is 7.47. The summed E-state index contributed by atoms with van der Waals surface area (Å²) in [6, 6.07) is 11.9. The quantitative estimate of drug-likeness (QED) is 0.439. The molecule has 1 saturated carbocycles. The normalized spacial score (nSPS) is 43.2. The highest BCUT2D eigenvalue weighted by molar-refractivity contribution is 9.09. The first-order chi connectivity index (χ1) is 18.4. The maximum atomic E-state index is 12.7. The van der Waals surface area contributed by atoms with Crippen LogP contribution in [0.15, 0.2) is 24.3 Å². The molecule has 38 heavy (non-hydrogen) atoms. The van der Waals surface area contributed by atoms with Crippen molar-refractivity contribution in [1.82, 2.24) is 15.1 Å². The van der Waals surface area contributed by atoms with Crippen LogP contribution in [0.2, 0.25) is 0 Å². The number of alkyl halides is 1. The molecule has 9 atom stereocenters. The summed E-state index contributed by atoms with van der Waals surface area (Å²) >= 11 is 3.97. The van der Waals surface area contributed by atoms with Crippen molar-refractivity contribution in [2.24, 2.45) is 17.6 Å². The summed E-state index contributed by atoms with van der Waals surface area (Å²) in [5, 5.41) is 23.0. The maximum absolute atomic E-state index is 12.7. The van der Waals surface area contributed by atoms with Crippen molar-refractivity contribution in [2.75, 3.05) is 13.6 Å². The van der Waals surface area contributed by atoms with Crippen LogP contribution in [-0.4, -0.2) is 81.8 Å². The number of carbonyl (C=O) groups is 1. The molecule has 0 spiro atoms. The lowest BCUT2D eigenvalue weighted by Gasteiger charge is -2.46. The molecule has 0 aromatic heterocycles. The zero-order valence-electron chi connectivity index (χ0n) is 22.1. The number of likely N-dealkylation sites (tertiary alicyclic amines) is 1. The Morgan fingerprint density at radius 3 is 2.71 bits per heavy atom. The number of hydrogen-bond donors (Lipinski definition) is 3. The van der Waals surface area contributed by atoms with E-state index in [1.54, 1.807) is 0 Å². The number of halogens is 1. The summed E-state index contributed by atoms with van der Waals surface area (Å²) in [7, 11) is 2.15. The number of primary amides is 1. The number of fused-ring (bicyclic) bond motifs is 3. The number of aliphatic hydroxyl groups excluding tert-OH is 1. The topological polar surface area (TPSA) is 115 Å². The minimum atomic E-state index is -0.289. The number of rotatable bonds is 6. The van der Waals surface area contributed by atoms with Crippen molar-refractivity contribution in [1.29, 1.82) is 5.26 Å². The van der Waals surface area contributed by atoms with Gasteiger partial charge in [0.1, 0.15) is 6.10 Å². The Hall–Kier alpha value is -1.54. The van der Waals surface area contributed by atoms with Crippen molar-refractivity contribution in [3.05, 3.63) is 35.4 Å². The van der Waals surface area contributed by atoms with Crippen LogP contribution in [0.1, 0.15) is 62.0 Å². The molecule has 4 heterocycles. The van der Waals surface area contributed by atoms with Crippen LogP contribution in [0.5, 0.6) is 0 Å². The van der Waals surface area contributed by atoms with Crippen LogP contribution in [0.25, 0.3) is 0 Å². The van der Waals surface area contributed by atoms with Gasteiger partial charge in [-0.3, -0.25) is 19.9 Å². The Morgan fingerprint density at radius 2 is 2.00 bits per heavy atom. The second kappa shape index (κ2) is 10.8. The van der Waals surface area contributed by atoms with E-state index in [1.165, 1.54) is 0 Å². The molecule has 0 radical (unpaired) electrons. The molecule has 5 fully saturated rings. The molecular weight excluding hydrogens is 546 g/mol. The zero-order chi connectivity index (χ0) is 26.6. The van der Waals surface area contributed by atoms with E-state index in [9.17, 15) is 15.2 Å². The molecule has 4 saturated heterocycles. The molecular formula is C29H40BrN5O3. The standard InChI is InChI=1S/C29H40BrN5O3/c1-34-14-24-21(12-20(13-31)38-24)27(30)29(34)33-18-5-7-19(8-6-18)35-22-9-10-23(35)26(28(32)37)25(22)17-4-2-3-16(11-17)15-36/h2-4,11,18-27,29,33,36H,5-10,12,14-15H2,1H3,(H2,32,37)/t18?,19?,20?,21?,22?,23?,24?,25-,26-,27?,29?/m0/s1. The molecule has 4 aliphatic heterocycles. The lowest BCUT2D eigenvalue weighted by molar-refractivity contribution is -0.123. The first-order valence-electron chi connectivity index (χ1n) is 14.3. The highest BCUT2D eigenvalue weighted by atomic mass is 79.9. The van der Waals surface area contributed by atoms with Gasteiger partial charge in [0.15, 0.2) is 0 Å². The van der Waals surface area contributed by atoms with Gasteiger partial charge in [-0.2, -0.15) is 5.26 Å². The molecule has 8 nitrogen and oxygen atoms in total. The van der Waals surface area contributed by atoms with E-state index >= 15 is 0 Å². The van der Waals surface area contributed by atoms with Gasteiger partial charge in [-0.15, -0.1) is 0 Å². The van der Waals surface area contributed by atoms with Gasteiger partial charge in [0, 0.05) is 47.4 Å². The predicted octanol–water partition coefficient (Wildman–Crippen LogP) is 2.44. The fraction of sp³-hybridized carbons (Fsp3) is 0.724. The third kappa shape index (κ3) is 4.61. The first kappa shape index (κ1) is 26.7. The minimum absolute atomic E-state index is 0.00932. The molecule has 6 rings (SSSR count). The number of aliphatic hydroxyl groups is 1. The van der Waals surface area contributed by atoms with Gasteiger partial charge in [0.05, 0.1) is 30.9 Å². The van der Waals surface area contributed by atoms with Gasteiger partial charge < -0.3 is 15.6 Å². The zero-order valence-corrected chi connectivity index (χ0v) is 23.7. The number of benzene rings is 1. The van der Waals surface area contributed by atoms with Gasteiger partial charge in [0.25, 0.3) is 0 Å². The van der Waals surface area contributed by atoms with E-state index in [4.69, 9.17) is 10.5 Å². The summed E-state index contributed by atoms with van der Waals surface area (Å²) in [4.78, 5) is 18.0. The van der Waals surface area contributed by atoms with Crippen LogP contribution < -0.4 is 11.1 Å². The summed E-state index contributed by atoms with van der Waals surface area (Å²) in [5.74, 6) is 0.116. The highest BCUT2D eigenvalue weighted by Gasteiger charge is 2.57. The molecule has 1 aromatic carbocycles. The number of ether oxygens (including phenoxy) is 1. The molecule has 1 aromatic rings. The van der Waals surface area contributed by atoms with Crippen molar-refractivity contribution in [2.45, 2.75) is 105 Å². The third-order valence-corrected chi connectivity index (χ3v) is 11.4. The fourth-order valence-corrected chi connectivity index (χ4v) is 9.68. The number of likely N-dealkylation sites (N-methyl/N-ethyl adjacent to an activating group) is 1. The van der Waals surface area contributed by atoms with E-state index in [0.29, 0.717) is 24.0 Å². The van der Waals surface area contributed by atoms with Crippen LogP contribution >= 0.6 is 15.9 Å². The lowest BCUT2D eigenvalue weighted by Crippen LogP contribution is -2.62. The monoisotopic (exact) mass is 585 g/mol. The Labute approximate surface area is 234 Å². The summed E-state index contributed by atoms with van der Waals surface area (Å²) in [5.41, 5.74) is 8.05. The Bertz CT molecular complexity index is 1070. The molecule has 2 bridgehead atoms. The van der Waals surface area contributed by atoms with E-state index in [-0.39, 0.29) is 53.6 Å².